The minimum Gasteiger partial charge on any atom is -0.457 e. The minimum absolute atomic E-state index is 0.285. The maximum Gasteiger partial charge on any atom is 0.303 e. The fraction of sp³-hybridized carbons (Fsp3) is 0.435. The van der Waals surface area contributed by atoms with Crippen LogP contribution in [0.1, 0.15) is 24.3 Å². The Morgan fingerprint density at radius 1 is 1.00 bits per heavy atom. The van der Waals surface area contributed by atoms with E-state index in [2.05, 4.69) is 0 Å². The second kappa shape index (κ2) is 9.68. The predicted octanol–water partition coefficient (Wildman–Crippen LogP) is 2.99. The van der Waals surface area contributed by atoms with Crippen LogP contribution >= 0.6 is 0 Å². The smallest absolute Gasteiger partial charge is 0.303 e. The average Bonchev–Trinajstić information content (AvgIpc) is 2.78. The summed E-state index contributed by atoms with van der Waals surface area (Å²) in [6, 6.07) is 19.4. The highest BCUT2D eigenvalue weighted by Crippen LogP contribution is 2.36. The van der Waals surface area contributed by atoms with Crippen molar-refractivity contribution in [3.8, 4) is 0 Å². The van der Waals surface area contributed by atoms with Gasteiger partial charge in [-0.3, -0.25) is 4.79 Å². The standard InChI is InChI=1S/C23H26O7/c1-15(24)28-20-19-18(14-27-22(30-19)17-11-7-4-8-12-17)29-23(25-2)21(20)26-13-16-9-5-3-6-10-16/h3-12,18-23H,13-14H2,1-2H3/t18-,19-,20+,21-,22-,23+/m1/s1. The van der Waals surface area contributed by atoms with Gasteiger partial charge in [0.1, 0.15) is 18.3 Å². The average molecular weight is 414 g/mol. The molecule has 0 saturated carbocycles. The van der Waals surface area contributed by atoms with Gasteiger partial charge in [0.2, 0.25) is 0 Å². The molecule has 2 fully saturated rings. The Morgan fingerprint density at radius 2 is 1.70 bits per heavy atom. The minimum atomic E-state index is -0.722. The van der Waals surface area contributed by atoms with E-state index >= 15 is 0 Å². The van der Waals surface area contributed by atoms with Crippen molar-refractivity contribution in [3.05, 3.63) is 71.8 Å². The Labute approximate surface area is 175 Å². The fourth-order valence-corrected chi connectivity index (χ4v) is 3.78. The molecule has 2 saturated heterocycles. The molecule has 0 N–H and O–H groups in total. The number of hydrogen-bond acceptors (Lipinski definition) is 7. The van der Waals surface area contributed by atoms with E-state index in [-0.39, 0.29) is 6.61 Å². The third-order valence-corrected chi connectivity index (χ3v) is 5.18. The van der Waals surface area contributed by atoms with E-state index in [1.54, 1.807) is 0 Å². The molecule has 4 rings (SSSR count). The van der Waals surface area contributed by atoms with Crippen molar-refractivity contribution < 1.29 is 33.2 Å². The fourth-order valence-electron chi connectivity index (χ4n) is 3.78. The molecular weight excluding hydrogens is 388 g/mol. The second-order valence-corrected chi connectivity index (χ2v) is 7.29. The zero-order chi connectivity index (χ0) is 20.9. The van der Waals surface area contributed by atoms with E-state index in [4.69, 9.17) is 28.4 Å². The maximum absolute atomic E-state index is 11.9. The molecule has 2 aromatic rings. The summed E-state index contributed by atoms with van der Waals surface area (Å²) in [5.74, 6) is -0.421. The van der Waals surface area contributed by atoms with Crippen LogP contribution in [0.25, 0.3) is 0 Å². The molecule has 2 aliphatic heterocycles. The number of esters is 1. The molecule has 7 nitrogen and oxygen atoms in total. The van der Waals surface area contributed by atoms with Gasteiger partial charge >= 0.3 is 5.97 Å². The van der Waals surface area contributed by atoms with E-state index in [1.807, 2.05) is 60.7 Å². The molecule has 0 amide bonds. The molecule has 7 heteroatoms. The lowest BCUT2D eigenvalue weighted by Gasteiger charge is -2.48. The summed E-state index contributed by atoms with van der Waals surface area (Å²) < 4.78 is 35.4. The quantitative estimate of drug-likeness (QED) is 0.673. The molecule has 0 aromatic heterocycles. The molecule has 160 valence electrons. The van der Waals surface area contributed by atoms with E-state index in [0.717, 1.165) is 11.1 Å². The Balaban J connectivity index is 1.55. The van der Waals surface area contributed by atoms with Crippen LogP contribution in [0.4, 0.5) is 0 Å². The Kier molecular flexibility index (Phi) is 6.76. The van der Waals surface area contributed by atoms with Gasteiger partial charge in [0.15, 0.2) is 18.7 Å². The molecule has 0 spiro atoms. The van der Waals surface area contributed by atoms with Gasteiger partial charge in [0.25, 0.3) is 0 Å². The van der Waals surface area contributed by atoms with Crippen LogP contribution in [-0.4, -0.2) is 50.4 Å². The van der Waals surface area contributed by atoms with Crippen LogP contribution < -0.4 is 0 Å². The number of ether oxygens (including phenoxy) is 6. The summed E-state index contributed by atoms with van der Waals surface area (Å²) in [6.45, 7) is 1.98. The first-order valence-corrected chi connectivity index (χ1v) is 9.98. The van der Waals surface area contributed by atoms with E-state index in [0.29, 0.717) is 6.61 Å². The van der Waals surface area contributed by atoms with Crippen molar-refractivity contribution in [2.75, 3.05) is 13.7 Å². The largest absolute Gasteiger partial charge is 0.457 e. The Bertz CT molecular complexity index is 807. The number of carbonyl (C=O) groups is 1. The molecule has 0 radical (unpaired) electrons. The number of benzene rings is 2. The first kappa shape index (κ1) is 21.0. The molecule has 30 heavy (non-hydrogen) atoms. The molecule has 0 aliphatic carbocycles. The zero-order valence-electron chi connectivity index (χ0n) is 17.0. The summed E-state index contributed by atoms with van der Waals surface area (Å²) >= 11 is 0. The van der Waals surface area contributed by atoms with Gasteiger partial charge in [-0.25, -0.2) is 0 Å². The summed E-state index contributed by atoms with van der Waals surface area (Å²) in [4.78, 5) is 11.9. The molecule has 0 bridgehead atoms. The van der Waals surface area contributed by atoms with Crippen molar-refractivity contribution in [1.82, 2.24) is 0 Å². The third kappa shape index (κ3) is 4.71. The van der Waals surface area contributed by atoms with Gasteiger partial charge in [-0.1, -0.05) is 60.7 Å². The first-order chi connectivity index (χ1) is 14.7. The lowest BCUT2D eigenvalue weighted by Crippen LogP contribution is -2.63. The Hall–Kier alpha value is -2.29. The van der Waals surface area contributed by atoms with Crippen molar-refractivity contribution in [2.24, 2.45) is 0 Å². The highest BCUT2D eigenvalue weighted by atomic mass is 16.8. The van der Waals surface area contributed by atoms with Crippen LogP contribution in [0.15, 0.2) is 60.7 Å². The van der Waals surface area contributed by atoms with Crippen LogP contribution in [0.2, 0.25) is 0 Å². The van der Waals surface area contributed by atoms with Crippen molar-refractivity contribution in [2.45, 2.75) is 50.5 Å². The highest BCUT2D eigenvalue weighted by Gasteiger charge is 2.52. The van der Waals surface area contributed by atoms with E-state index in [9.17, 15) is 4.79 Å². The summed E-state index contributed by atoms with van der Waals surface area (Å²) in [6.07, 6.45) is -3.67. The van der Waals surface area contributed by atoms with Crippen LogP contribution in [-0.2, 0) is 39.8 Å². The molecular formula is C23H26O7. The van der Waals surface area contributed by atoms with Gasteiger partial charge in [-0.05, 0) is 5.56 Å². The molecule has 2 heterocycles. The molecule has 2 aromatic carbocycles. The number of hydrogen-bond donors (Lipinski definition) is 0. The molecule has 2 aliphatic rings. The van der Waals surface area contributed by atoms with Gasteiger partial charge in [0, 0.05) is 19.6 Å². The number of carbonyl (C=O) groups excluding carboxylic acids is 1. The lowest BCUT2D eigenvalue weighted by atomic mass is 9.97. The van der Waals surface area contributed by atoms with Gasteiger partial charge in [0.05, 0.1) is 13.2 Å². The summed E-state index contributed by atoms with van der Waals surface area (Å²) in [7, 11) is 1.53. The number of methoxy groups -OCH3 is 1. The normalized spacial score (nSPS) is 31.0. The van der Waals surface area contributed by atoms with Crippen LogP contribution in [0.3, 0.4) is 0 Å². The van der Waals surface area contributed by atoms with E-state index < -0.39 is 43.0 Å². The second-order valence-electron chi connectivity index (χ2n) is 7.29. The van der Waals surface area contributed by atoms with E-state index in [1.165, 1.54) is 14.0 Å². The topological polar surface area (TPSA) is 72.5 Å². The van der Waals surface area contributed by atoms with Gasteiger partial charge < -0.3 is 28.4 Å². The summed E-state index contributed by atoms with van der Waals surface area (Å²) in [5, 5.41) is 0. The SMILES string of the molecule is CO[C@H]1O[C@@H]2CO[C@@H](c3ccccc3)O[C@H]2[C@H](OC(C)=O)[C@H]1OCc1ccccc1. The zero-order valence-corrected chi connectivity index (χ0v) is 17.0. The van der Waals surface area contributed by atoms with Crippen molar-refractivity contribution in [3.63, 3.8) is 0 Å². The predicted molar refractivity (Wildman–Crippen MR) is 106 cm³/mol. The van der Waals surface area contributed by atoms with Gasteiger partial charge in [-0.2, -0.15) is 0 Å². The molecule has 6 atom stereocenters. The summed E-state index contributed by atoms with van der Waals surface area (Å²) in [5.41, 5.74) is 1.87. The Morgan fingerprint density at radius 3 is 2.37 bits per heavy atom. The number of rotatable bonds is 6. The third-order valence-electron chi connectivity index (χ3n) is 5.18. The first-order valence-electron chi connectivity index (χ1n) is 9.98. The van der Waals surface area contributed by atoms with Crippen LogP contribution in [0.5, 0.6) is 0 Å². The van der Waals surface area contributed by atoms with Crippen LogP contribution in [0, 0.1) is 0 Å². The monoisotopic (exact) mass is 414 g/mol. The maximum atomic E-state index is 11.9. The number of fused-ring (bicyclic) bond motifs is 1. The van der Waals surface area contributed by atoms with Crippen molar-refractivity contribution >= 4 is 5.97 Å². The lowest BCUT2D eigenvalue weighted by molar-refractivity contribution is -0.364. The van der Waals surface area contributed by atoms with Crippen molar-refractivity contribution in [1.29, 1.82) is 0 Å². The highest BCUT2D eigenvalue weighted by molar-refractivity contribution is 5.66. The van der Waals surface area contributed by atoms with Gasteiger partial charge in [-0.15, -0.1) is 0 Å². The molecule has 0 unspecified atom stereocenters.